The second-order valence-electron chi connectivity index (χ2n) is 4.93. The van der Waals surface area contributed by atoms with Gasteiger partial charge in [0.25, 0.3) is 0 Å². The lowest BCUT2D eigenvalue weighted by atomic mass is 10.1. The molecule has 1 atom stereocenters. The SMILES string of the molecule is CCCCN(CCCC)C(C)c1ccc(C(=O)O)o1. The minimum atomic E-state index is -1.01. The van der Waals surface area contributed by atoms with Crippen molar-refractivity contribution in [2.45, 2.75) is 52.5 Å². The number of carbonyl (C=O) groups is 1. The number of hydrogen-bond donors (Lipinski definition) is 1. The van der Waals surface area contributed by atoms with E-state index in [0.29, 0.717) is 0 Å². The van der Waals surface area contributed by atoms with E-state index < -0.39 is 5.97 Å². The Bertz CT molecular complexity index is 378. The van der Waals surface area contributed by atoms with Gasteiger partial charge < -0.3 is 9.52 Å². The fourth-order valence-electron chi connectivity index (χ4n) is 2.09. The van der Waals surface area contributed by atoms with Crippen LogP contribution in [0.1, 0.15) is 68.8 Å². The Morgan fingerprint density at radius 1 is 1.26 bits per heavy atom. The van der Waals surface area contributed by atoms with E-state index in [1.165, 1.54) is 6.07 Å². The van der Waals surface area contributed by atoms with Gasteiger partial charge in [0.15, 0.2) is 0 Å². The van der Waals surface area contributed by atoms with Gasteiger partial charge in [0.1, 0.15) is 5.76 Å². The topological polar surface area (TPSA) is 53.7 Å². The van der Waals surface area contributed by atoms with Crippen LogP contribution in [-0.4, -0.2) is 29.1 Å². The van der Waals surface area contributed by atoms with E-state index in [9.17, 15) is 4.79 Å². The van der Waals surface area contributed by atoms with Crippen LogP contribution in [0.3, 0.4) is 0 Å². The minimum absolute atomic E-state index is 0.0211. The van der Waals surface area contributed by atoms with Crippen molar-refractivity contribution in [3.63, 3.8) is 0 Å². The van der Waals surface area contributed by atoms with E-state index in [2.05, 4.69) is 25.7 Å². The van der Waals surface area contributed by atoms with Gasteiger partial charge in [-0.05, 0) is 45.0 Å². The van der Waals surface area contributed by atoms with Crippen LogP contribution in [0.2, 0.25) is 0 Å². The fraction of sp³-hybridized carbons (Fsp3) is 0.667. The molecule has 4 nitrogen and oxygen atoms in total. The maximum Gasteiger partial charge on any atom is 0.371 e. The van der Waals surface area contributed by atoms with Crippen LogP contribution in [0.15, 0.2) is 16.5 Å². The van der Waals surface area contributed by atoms with Gasteiger partial charge in [-0.15, -0.1) is 0 Å². The Kier molecular flexibility index (Phi) is 6.64. The number of nitrogens with zero attached hydrogens (tertiary/aromatic N) is 1. The molecule has 1 N–H and O–H groups in total. The molecule has 1 rings (SSSR count). The van der Waals surface area contributed by atoms with Crippen LogP contribution >= 0.6 is 0 Å². The molecule has 1 aromatic heterocycles. The molecule has 0 saturated heterocycles. The summed E-state index contributed by atoms with van der Waals surface area (Å²) < 4.78 is 5.41. The van der Waals surface area contributed by atoms with Gasteiger partial charge in [0, 0.05) is 0 Å². The number of carboxylic acids is 1. The number of hydrogen-bond acceptors (Lipinski definition) is 3. The third kappa shape index (κ3) is 4.71. The van der Waals surface area contributed by atoms with Crippen LogP contribution < -0.4 is 0 Å². The monoisotopic (exact) mass is 267 g/mol. The van der Waals surface area contributed by atoms with E-state index in [1.807, 2.05) is 0 Å². The average molecular weight is 267 g/mol. The first kappa shape index (κ1) is 15.8. The van der Waals surface area contributed by atoms with Crippen molar-refractivity contribution in [2.75, 3.05) is 13.1 Å². The quantitative estimate of drug-likeness (QED) is 0.736. The molecule has 0 aromatic carbocycles. The number of carboxylic acid groups (broad SMARTS) is 1. The molecule has 1 aromatic rings. The molecular weight excluding hydrogens is 242 g/mol. The van der Waals surface area contributed by atoms with Crippen molar-refractivity contribution in [1.29, 1.82) is 0 Å². The van der Waals surface area contributed by atoms with Gasteiger partial charge in [-0.25, -0.2) is 4.79 Å². The van der Waals surface area contributed by atoms with E-state index in [4.69, 9.17) is 9.52 Å². The Morgan fingerprint density at radius 2 is 1.84 bits per heavy atom. The lowest BCUT2D eigenvalue weighted by molar-refractivity contribution is 0.0655. The van der Waals surface area contributed by atoms with Crippen molar-refractivity contribution in [2.24, 2.45) is 0 Å². The molecule has 4 heteroatoms. The average Bonchev–Trinajstić information content (AvgIpc) is 2.88. The molecule has 0 saturated carbocycles. The molecule has 0 aliphatic rings. The number of rotatable bonds is 9. The molecular formula is C15H25NO3. The van der Waals surface area contributed by atoms with Crippen molar-refractivity contribution in [3.05, 3.63) is 23.7 Å². The molecule has 0 bridgehead atoms. The minimum Gasteiger partial charge on any atom is -0.475 e. The summed E-state index contributed by atoms with van der Waals surface area (Å²) >= 11 is 0. The first-order chi connectivity index (χ1) is 9.10. The molecule has 0 aliphatic heterocycles. The first-order valence-corrected chi connectivity index (χ1v) is 7.17. The van der Waals surface area contributed by atoms with Gasteiger partial charge in [0.2, 0.25) is 5.76 Å². The normalized spacial score (nSPS) is 12.8. The highest BCUT2D eigenvalue weighted by molar-refractivity contribution is 5.84. The number of aromatic carboxylic acids is 1. The predicted octanol–water partition coefficient (Wildman–Crippen LogP) is 3.94. The molecule has 108 valence electrons. The summed E-state index contributed by atoms with van der Waals surface area (Å²) in [5, 5.41) is 8.89. The second kappa shape index (κ2) is 8.00. The summed E-state index contributed by atoms with van der Waals surface area (Å²) in [7, 11) is 0. The zero-order chi connectivity index (χ0) is 14.3. The summed E-state index contributed by atoms with van der Waals surface area (Å²) in [5.41, 5.74) is 0. The molecule has 0 amide bonds. The summed E-state index contributed by atoms with van der Waals surface area (Å²) in [5.74, 6) is -0.246. The second-order valence-corrected chi connectivity index (χ2v) is 4.93. The van der Waals surface area contributed by atoms with Crippen LogP contribution in [0, 0.1) is 0 Å². The summed E-state index contributed by atoms with van der Waals surface area (Å²) in [6.07, 6.45) is 4.63. The zero-order valence-electron chi connectivity index (χ0n) is 12.2. The van der Waals surface area contributed by atoms with E-state index in [1.54, 1.807) is 6.07 Å². The summed E-state index contributed by atoms with van der Waals surface area (Å²) in [4.78, 5) is 13.2. The first-order valence-electron chi connectivity index (χ1n) is 7.17. The van der Waals surface area contributed by atoms with E-state index >= 15 is 0 Å². The molecule has 0 radical (unpaired) electrons. The van der Waals surface area contributed by atoms with Crippen molar-refractivity contribution >= 4 is 5.97 Å². The van der Waals surface area contributed by atoms with Gasteiger partial charge in [0.05, 0.1) is 6.04 Å². The third-order valence-corrected chi connectivity index (χ3v) is 3.39. The van der Waals surface area contributed by atoms with Crippen LogP contribution in [0.25, 0.3) is 0 Å². The van der Waals surface area contributed by atoms with Gasteiger partial charge >= 0.3 is 5.97 Å². The van der Waals surface area contributed by atoms with Gasteiger partial charge in [-0.2, -0.15) is 0 Å². The van der Waals surface area contributed by atoms with Crippen molar-refractivity contribution in [3.8, 4) is 0 Å². The lowest BCUT2D eigenvalue weighted by Gasteiger charge is -2.27. The molecule has 1 heterocycles. The molecule has 0 aliphatic carbocycles. The third-order valence-electron chi connectivity index (χ3n) is 3.39. The number of unbranched alkanes of at least 4 members (excludes halogenated alkanes) is 2. The Balaban J connectivity index is 2.72. The van der Waals surface area contributed by atoms with Crippen molar-refractivity contribution in [1.82, 2.24) is 4.90 Å². The number of furan rings is 1. The largest absolute Gasteiger partial charge is 0.475 e. The fourth-order valence-corrected chi connectivity index (χ4v) is 2.09. The maximum atomic E-state index is 10.8. The van der Waals surface area contributed by atoms with Crippen LogP contribution in [-0.2, 0) is 0 Å². The van der Waals surface area contributed by atoms with Gasteiger partial charge in [-0.1, -0.05) is 26.7 Å². The lowest BCUT2D eigenvalue weighted by Crippen LogP contribution is -2.29. The smallest absolute Gasteiger partial charge is 0.371 e. The standard InChI is InChI=1S/C15H25NO3/c1-4-6-10-16(11-7-5-2)12(3)13-8-9-14(19-13)15(17)18/h8-9,12H,4-7,10-11H2,1-3H3,(H,17,18). The highest BCUT2D eigenvalue weighted by atomic mass is 16.4. The Labute approximate surface area is 115 Å². The molecule has 1 unspecified atom stereocenters. The highest BCUT2D eigenvalue weighted by Crippen LogP contribution is 2.23. The molecule has 0 spiro atoms. The van der Waals surface area contributed by atoms with E-state index in [-0.39, 0.29) is 11.8 Å². The van der Waals surface area contributed by atoms with Crippen molar-refractivity contribution < 1.29 is 14.3 Å². The molecule has 19 heavy (non-hydrogen) atoms. The van der Waals surface area contributed by atoms with Crippen LogP contribution in [0.5, 0.6) is 0 Å². The maximum absolute atomic E-state index is 10.8. The van der Waals surface area contributed by atoms with E-state index in [0.717, 1.165) is 44.5 Å². The Hall–Kier alpha value is -1.29. The predicted molar refractivity (Wildman–Crippen MR) is 75.5 cm³/mol. The van der Waals surface area contributed by atoms with Gasteiger partial charge in [-0.3, -0.25) is 4.90 Å². The Morgan fingerprint density at radius 3 is 2.26 bits per heavy atom. The summed E-state index contributed by atoms with van der Waals surface area (Å²) in [6, 6.07) is 3.44. The summed E-state index contributed by atoms with van der Waals surface area (Å²) in [6.45, 7) is 8.49. The van der Waals surface area contributed by atoms with Crippen LogP contribution in [0.4, 0.5) is 0 Å². The highest BCUT2D eigenvalue weighted by Gasteiger charge is 2.19. The molecule has 0 fully saturated rings. The zero-order valence-corrected chi connectivity index (χ0v) is 12.2.